The van der Waals surface area contributed by atoms with Crippen LogP contribution in [0.1, 0.15) is 101 Å². The number of aryl methyl sites for hydroxylation is 1. The van der Waals surface area contributed by atoms with Crippen LogP contribution in [0.15, 0.2) is 6.07 Å². The standard InChI is InChI=1S/C40H52FN7O5.C2H6/c1-23-14-27(43)26(17-42)30(29(23)24-7-8-24)33-32(41)34-31(36(44-33)50-3)35(47-12-13-51-19-38(2,49)18-47)46-37(45-34)53-22-40-9-4-6-28(40)48(11-5-10-40)25-15-39(16-25)20-52-21-39;1-2/h14,17,24-25,28,42,49H,4-13,15-16,18-22,43H2,1-3H3;1-2H3. The van der Waals surface area contributed by atoms with Crippen molar-refractivity contribution in [1.29, 1.82) is 5.41 Å². The van der Waals surface area contributed by atoms with Crippen LogP contribution < -0.4 is 20.1 Å². The lowest BCUT2D eigenvalue weighted by atomic mass is 9.62. The smallest absolute Gasteiger partial charge is 0.319 e. The first-order valence-corrected chi connectivity index (χ1v) is 20.4. The van der Waals surface area contributed by atoms with E-state index in [2.05, 4.69) is 4.90 Å². The summed E-state index contributed by atoms with van der Waals surface area (Å²) in [6.45, 7) is 12.2. The van der Waals surface area contributed by atoms with Gasteiger partial charge in [-0.25, -0.2) is 9.37 Å². The zero-order valence-electron chi connectivity index (χ0n) is 33.2. The van der Waals surface area contributed by atoms with E-state index >= 15 is 4.39 Å². The Labute approximate surface area is 323 Å². The van der Waals surface area contributed by atoms with Crippen molar-refractivity contribution in [1.82, 2.24) is 19.9 Å². The highest BCUT2D eigenvalue weighted by atomic mass is 19.1. The molecule has 6 aliphatic rings. The molecule has 298 valence electrons. The molecule has 6 fully saturated rings. The van der Waals surface area contributed by atoms with Crippen molar-refractivity contribution >= 4 is 28.6 Å². The van der Waals surface area contributed by atoms with Crippen LogP contribution in [-0.2, 0) is 9.47 Å². The van der Waals surface area contributed by atoms with Gasteiger partial charge in [-0.2, -0.15) is 9.97 Å². The van der Waals surface area contributed by atoms with Gasteiger partial charge in [-0.1, -0.05) is 20.3 Å². The van der Waals surface area contributed by atoms with Crippen molar-refractivity contribution in [2.75, 3.05) is 70.4 Å². The molecular weight excluding hydrogens is 702 g/mol. The third kappa shape index (κ3) is 6.72. The number of hydrogen-bond acceptors (Lipinski definition) is 12. The predicted octanol–water partition coefficient (Wildman–Crippen LogP) is 6.41. The van der Waals surface area contributed by atoms with E-state index in [9.17, 15) is 5.11 Å². The minimum Gasteiger partial charge on any atom is -0.480 e. The van der Waals surface area contributed by atoms with Gasteiger partial charge >= 0.3 is 6.01 Å². The molecule has 3 unspecified atom stereocenters. The number of piperidine rings is 1. The van der Waals surface area contributed by atoms with E-state index in [0.717, 1.165) is 75.8 Å². The molecule has 0 bridgehead atoms. The molecule has 3 aliphatic carbocycles. The average molecular weight is 760 g/mol. The average Bonchev–Trinajstić information content (AvgIpc) is 3.91. The van der Waals surface area contributed by atoms with Crippen LogP contribution in [0.25, 0.3) is 22.2 Å². The molecule has 3 aliphatic heterocycles. The van der Waals surface area contributed by atoms with Gasteiger partial charge in [-0.15, -0.1) is 0 Å². The number of nitrogens with two attached hydrogens (primary N) is 1. The lowest BCUT2D eigenvalue weighted by Crippen LogP contribution is -2.64. The van der Waals surface area contributed by atoms with Crippen molar-refractivity contribution in [3.63, 3.8) is 0 Å². The normalized spacial score (nSPS) is 27.8. The van der Waals surface area contributed by atoms with Gasteiger partial charge in [0, 0.05) is 52.5 Å². The van der Waals surface area contributed by atoms with Gasteiger partial charge in [0.15, 0.2) is 5.82 Å². The molecule has 1 spiro atoms. The quantitative estimate of drug-likeness (QED) is 0.164. The lowest BCUT2D eigenvalue weighted by molar-refractivity contribution is -0.196. The fourth-order valence-corrected chi connectivity index (χ4v) is 10.5. The number of benzene rings is 1. The largest absolute Gasteiger partial charge is 0.480 e. The molecule has 3 aromatic rings. The molecule has 3 atom stereocenters. The zero-order chi connectivity index (χ0) is 38.7. The predicted molar refractivity (Wildman–Crippen MR) is 211 cm³/mol. The van der Waals surface area contributed by atoms with Gasteiger partial charge in [0.1, 0.15) is 28.0 Å². The molecule has 2 aromatic heterocycles. The summed E-state index contributed by atoms with van der Waals surface area (Å²) in [5.74, 6) is 0.0969. The summed E-state index contributed by atoms with van der Waals surface area (Å²) in [6, 6.07) is 2.97. The Morgan fingerprint density at radius 2 is 1.84 bits per heavy atom. The number of nitrogens with zero attached hydrogens (tertiary/aromatic N) is 5. The number of ether oxygens (including phenoxy) is 4. The highest BCUT2D eigenvalue weighted by Crippen LogP contribution is 2.55. The first-order valence-electron chi connectivity index (χ1n) is 20.4. The van der Waals surface area contributed by atoms with Gasteiger partial charge in [0.05, 0.1) is 46.7 Å². The van der Waals surface area contributed by atoms with Crippen molar-refractivity contribution in [2.45, 2.75) is 109 Å². The number of aliphatic hydroxyl groups is 1. The third-order valence-corrected chi connectivity index (χ3v) is 13.1. The van der Waals surface area contributed by atoms with E-state index in [1.165, 1.54) is 26.2 Å². The summed E-state index contributed by atoms with van der Waals surface area (Å²) in [6.07, 6.45) is 11.1. The number of methoxy groups -OCH3 is 1. The fraction of sp³-hybridized carbons (Fsp3) is 0.667. The second kappa shape index (κ2) is 14.7. The Bertz CT molecular complexity index is 1940. The molecule has 0 radical (unpaired) electrons. The molecule has 12 nitrogen and oxygen atoms in total. The van der Waals surface area contributed by atoms with E-state index in [4.69, 9.17) is 45.0 Å². The van der Waals surface area contributed by atoms with Gasteiger partial charge in [-0.05, 0) is 94.9 Å². The summed E-state index contributed by atoms with van der Waals surface area (Å²) in [7, 11) is 1.50. The molecule has 0 amide bonds. The Morgan fingerprint density at radius 1 is 1.07 bits per heavy atom. The van der Waals surface area contributed by atoms with Crippen molar-refractivity contribution in [3.8, 4) is 23.1 Å². The van der Waals surface area contributed by atoms with Crippen LogP contribution in [0.5, 0.6) is 11.9 Å². The Morgan fingerprint density at radius 3 is 2.53 bits per heavy atom. The SMILES string of the molecule is CC.COc1nc(-c2c(C=N)c(N)cc(C)c2C2CC2)c(F)c2nc(OCC34CCCC3N(C3CC5(COC5)C3)CCC4)nc(N3CCOCC(C)(O)C3)c12. The number of fused-ring (bicyclic) bond motifs is 2. The van der Waals surface area contributed by atoms with E-state index < -0.39 is 11.4 Å². The van der Waals surface area contributed by atoms with Crippen molar-refractivity contribution in [3.05, 3.63) is 28.6 Å². The number of nitrogen functional groups attached to an aromatic ring is 1. The van der Waals surface area contributed by atoms with Gasteiger partial charge < -0.3 is 40.1 Å². The monoisotopic (exact) mass is 759 g/mol. The van der Waals surface area contributed by atoms with Crippen LogP contribution in [0, 0.1) is 29.0 Å². The van der Waals surface area contributed by atoms with Gasteiger partial charge in [0.25, 0.3) is 0 Å². The molecular formula is C42H58FN7O5. The Kier molecular flexibility index (Phi) is 10.2. The number of nitrogens with one attached hydrogen (secondary N) is 1. The van der Waals surface area contributed by atoms with E-state index in [-0.39, 0.29) is 47.6 Å². The number of pyridine rings is 1. The fourth-order valence-electron chi connectivity index (χ4n) is 10.5. The molecule has 9 rings (SSSR count). The Hall–Kier alpha value is -3.65. The molecule has 5 heterocycles. The first kappa shape index (κ1) is 38.2. The second-order valence-electron chi connectivity index (χ2n) is 17.2. The van der Waals surface area contributed by atoms with Crippen LogP contribution in [-0.4, -0.2) is 109 Å². The Balaban J connectivity index is 0.00000210. The highest BCUT2D eigenvalue weighted by Gasteiger charge is 2.57. The number of hydrogen-bond donors (Lipinski definition) is 3. The summed E-state index contributed by atoms with van der Waals surface area (Å²) >= 11 is 0. The summed E-state index contributed by atoms with van der Waals surface area (Å²) in [4.78, 5) is 19.3. The number of halogens is 1. The minimum atomic E-state index is -1.18. The maximum Gasteiger partial charge on any atom is 0.319 e. The number of anilines is 2. The van der Waals surface area contributed by atoms with Crippen LogP contribution in [0.3, 0.4) is 0 Å². The molecule has 4 N–H and O–H groups in total. The minimum absolute atomic E-state index is 0.0163. The van der Waals surface area contributed by atoms with Gasteiger partial charge in [-0.3, -0.25) is 4.90 Å². The second-order valence-corrected chi connectivity index (χ2v) is 17.2. The molecule has 3 saturated carbocycles. The summed E-state index contributed by atoms with van der Waals surface area (Å²) < 4.78 is 41.4. The lowest BCUT2D eigenvalue weighted by Gasteiger charge is -2.60. The summed E-state index contributed by atoms with van der Waals surface area (Å²) in [5.41, 5.74) is 8.92. The number of rotatable bonds is 9. The van der Waals surface area contributed by atoms with Gasteiger partial charge in [0.2, 0.25) is 5.88 Å². The maximum absolute atomic E-state index is 17.5. The third-order valence-electron chi connectivity index (χ3n) is 13.1. The van der Waals surface area contributed by atoms with E-state index in [1.54, 1.807) is 6.92 Å². The maximum atomic E-state index is 17.5. The molecule has 1 aromatic carbocycles. The zero-order valence-corrected chi connectivity index (χ0v) is 33.2. The first-order chi connectivity index (χ1) is 26.5. The van der Waals surface area contributed by atoms with E-state index in [1.807, 2.05) is 31.7 Å². The molecule has 3 saturated heterocycles. The van der Waals surface area contributed by atoms with Crippen LogP contribution in [0.2, 0.25) is 0 Å². The number of likely N-dealkylation sites (tertiary alicyclic amines) is 1. The topological polar surface area (TPSA) is 152 Å². The van der Waals surface area contributed by atoms with Crippen molar-refractivity contribution < 1.29 is 28.4 Å². The number of aromatic nitrogens is 3. The molecule has 13 heteroatoms. The number of β-amino-alcohol motifs (C(OH)–C–C–N with tert-alkyl or cyclic N) is 1. The van der Waals surface area contributed by atoms with Crippen LogP contribution in [0.4, 0.5) is 15.9 Å². The summed E-state index contributed by atoms with van der Waals surface area (Å²) in [5, 5.41) is 19.8. The van der Waals surface area contributed by atoms with E-state index in [0.29, 0.717) is 65.3 Å². The highest BCUT2D eigenvalue weighted by molar-refractivity contribution is 6.01. The van der Waals surface area contributed by atoms with Crippen molar-refractivity contribution in [2.24, 2.45) is 10.8 Å². The molecule has 55 heavy (non-hydrogen) atoms. The van der Waals surface area contributed by atoms with Crippen LogP contribution >= 0.6 is 0 Å².